The van der Waals surface area contributed by atoms with Crippen molar-refractivity contribution in [3.05, 3.63) is 83.1 Å². The molecule has 0 saturated heterocycles. The molecule has 0 bridgehead atoms. The van der Waals surface area contributed by atoms with E-state index in [2.05, 4.69) is 25.9 Å². The largest absolute Gasteiger partial charge is 0.444 e. The molecule has 2 aromatic heterocycles. The number of rotatable bonds is 5. The number of carbonyl (C=O) groups is 1. The first-order chi connectivity index (χ1) is 14.8. The summed E-state index contributed by atoms with van der Waals surface area (Å²) >= 11 is 3.38. The van der Waals surface area contributed by atoms with E-state index in [0.29, 0.717) is 15.3 Å². The van der Waals surface area contributed by atoms with Crippen LogP contribution in [0.3, 0.4) is 0 Å². The molecule has 1 aliphatic carbocycles. The summed E-state index contributed by atoms with van der Waals surface area (Å²) in [5.74, 6) is 0. The van der Waals surface area contributed by atoms with Crippen LogP contribution in [0.1, 0.15) is 18.9 Å². The lowest BCUT2D eigenvalue weighted by atomic mass is 10.0. The molecule has 1 N–H and O–H groups in total. The van der Waals surface area contributed by atoms with E-state index < -0.39 is 20.9 Å². The van der Waals surface area contributed by atoms with Crippen molar-refractivity contribution in [2.45, 2.75) is 24.7 Å². The number of aromatic nitrogens is 2. The van der Waals surface area contributed by atoms with E-state index in [1.54, 1.807) is 55.6 Å². The number of allylic oxidation sites excluding steroid dienone is 3. The van der Waals surface area contributed by atoms with Gasteiger partial charge in [-0.25, -0.2) is 18.2 Å². The standard InChI is InChI=1S/C22H20BrN3O4S/c1-22(10-5-8-18(23)13-22)31(28,29)26(19-12-17-9-11-24-20(17)25-14-19)21(27)30-15-16-6-3-2-4-7-16/h2-12,14H,13,15H2,1H3,(H,24,25). The lowest BCUT2D eigenvalue weighted by molar-refractivity contribution is 0.151. The van der Waals surface area contributed by atoms with Crippen LogP contribution in [-0.2, 0) is 21.4 Å². The Kier molecular flexibility index (Phi) is 5.72. The molecule has 160 valence electrons. The zero-order chi connectivity index (χ0) is 22.1. The molecule has 0 radical (unpaired) electrons. The first-order valence-corrected chi connectivity index (χ1v) is 11.8. The summed E-state index contributed by atoms with van der Waals surface area (Å²) < 4.78 is 33.0. The minimum absolute atomic E-state index is 0.0539. The van der Waals surface area contributed by atoms with Crippen LogP contribution in [0, 0.1) is 0 Å². The Bertz CT molecular complexity index is 1280. The molecule has 31 heavy (non-hydrogen) atoms. The van der Waals surface area contributed by atoms with E-state index in [1.165, 1.54) is 6.20 Å². The van der Waals surface area contributed by atoms with Gasteiger partial charge >= 0.3 is 6.09 Å². The van der Waals surface area contributed by atoms with E-state index in [-0.39, 0.29) is 18.7 Å². The van der Waals surface area contributed by atoms with E-state index in [0.717, 1.165) is 10.0 Å². The number of hydrogen-bond acceptors (Lipinski definition) is 5. The third kappa shape index (κ3) is 4.15. The minimum Gasteiger partial charge on any atom is -0.444 e. The average molecular weight is 502 g/mol. The fourth-order valence-electron chi connectivity index (χ4n) is 3.35. The molecule has 0 fully saturated rings. The maximum atomic E-state index is 13.8. The van der Waals surface area contributed by atoms with Crippen molar-refractivity contribution in [3.63, 3.8) is 0 Å². The summed E-state index contributed by atoms with van der Waals surface area (Å²) in [7, 11) is -4.21. The van der Waals surface area contributed by atoms with Crippen molar-refractivity contribution in [1.82, 2.24) is 9.97 Å². The summed E-state index contributed by atoms with van der Waals surface area (Å²) in [5.41, 5.74) is 1.46. The maximum absolute atomic E-state index is 13.8. The minimum atomic E-state index is -4.21. The van der Waals surface area contributed by atoms with Gasteiger partial charge in [-0.1, -0.05) is 64.5 Å². The molecule has 1 unspecified atom stereocenters. The van der Waals surface area contributed by atoms with Gasteiger partial charge < -0.3 is 9.72 Å². The van der Waals surface area contributed by atoms with Crippen molar-refractivity contribution >= 4 is 48.8 Å². The molecule has 0 spiro atoms. The number of nitrogens with one attached hydrogen (secondary N) is 1. The summed E-state index contributed by atoms with van der Waals surface area (Å²) in [5, 5.41) is 0.680. The molecular weight excluding hydrogens is 482 g/mol. The SMILES string of the molecule is CC1(S(=O)(=O)N(C(=O)OCc2ccccc2)c2cnc3[nH]ccc3c2)C=CC=C(Br)C1. The lowest BCUT2D eigenvalue weighted by Gasteiger charge is -2.33. The van der Waals surface area contributed by atoms with Gasteiger partial charge in [0.2, 0.25) is 0 Å². The van der Waals surface area contributed by atoms with Gasteiger partial charge in [0, 0.05) is 18.0 Å². The van der Waals surface area contributed by atoms with Crippen LogP contribution < -0.4 is 4.31 Å². The molecule has 1 atom stereocenters. The van der Waals surface area contributed by atoms with Crippen LogP contribution in [0.5, 0.6) is 0 Å². The van der Waals surface area contributed by atoms with Crippen LogP contribution >= 0.6 is 15.9 Å². The van der Waals surface area contributed by atoms with Crippen molar-refractivity contribution in [2.24, 2.45) is 0 Å². The van der Waals surface area contributed by atoms with E-state index in [4.69, 9.17) is 4.74 Å². The molecule has 3 aromatic rings. The number of carbonyl (C=O) groups excluding carboxylic acids is 1. The molecule has 1 amide bonds. The predicted molar refractivity (Wildman–Crippen MR) is 123 cm³/mol. The number of hydrogen-bond donors (Lipinski definition) is 1. The highest BCUT2D eigenvalue weighted by molar-refractivity contribution is 9.11. The molecule has 1 aliphatic rings. The molecule has 4 rings (SSSR count). The van der Waals surface area contributed by atoms with Gasteiger partial charge in [0.15, 0.2) is 0 Å². The smallest absolute Gasteiger partial charge is 0.428 e. The number of aromatic amines is 1. The normalized spacial score (nSPS) is 18.6. The number of anilines is 1. The summed E-state index contributed by atoms with van der Waals surface area (Å²) in [4.78, 5) is 20.4. The third-order valence-electron chi connectivity index (χ3n) is 5.07. The fraction of sp³-hybridized carbons (Fsp3) is 0.182. The van der Waals surface area contributed by atoms with E-state index in [9.17, 15) is 13.2 Å². The third-order valence-corrected chi connectivity index (χ3v) is 7.91. The molecule has 9 heteroatoms. The van der Waals surface area contributed by atoms with Gasteiger partial charge in [-0.2, -0.15) is 4.31 Å². The Morgan fingerprint density at radius 2 is 2.06 bits per heavy atom. The molecule has 7 nitrogen and oxygen atoms in total. The van der Waals surface area contributed by atoms with Crippen molar-refractivity contribution in [3.8, 4) is 0 Å². The first-order valence-electron chi connectivity index (χ1n) is 9.53. The van der Waals surface area contributed by atoms with Gasteiger partial charge in [0.25, 0.3) is 10.0 Å². The van der Waals surface area contributed by atoms with Crippen molar-refractivity contribution in [1.29, 1.82) is 0 Å². The first kappa shape index (κ1) is 21.3. The van der Waals surface area contributed by atoms with Crippen LogP contribution in [0.25, 0.3) is 11.0 Å². The highest BCUT2D eigenvalue weighted by Gasteiger charge is 2.46. The van der Waals surface area contributed by atoms with Crippen LogP contribution in [-0.4, -0.2) is 29.2 Å². The second-order valence-electron chi connectivity index (χ2n) is 7.38. The second kappa shape index (κ2) is 8.32. The number of sulfonamides is 1. The van der Waals surface area contributed by atoms with Gasteiger partial charge in [-0.3, -0.25) is 0 Å². The number of halogens is 1. The number of nitrogens with zero attached hydrogens (tertiary/aromatic N) is 2. The Labute approximate surface area is 188 Å². The fourth-order valence-corrected chi connectivity index (χ4v) is 5.91. The van der Waals surface area contributed by atoms with Gasteiger partial charge in [0.1, 0.15) is 17.0 Å². The van der Waals surface area contributed by atoms with Crippen LogP contribution in [0.4, 0.5) is 10.5 Å². The predicted octanol–water partition coefficient (Wildman–Crippen LogP) is 5.03. The second-order valence-corrected chi connectivity index (χ2v) is 10.6. The average Bonchev–Trinajstić information content (AvgIpc) is 3.21. The maximum Gasteiger partial charge on any atom is 0.428 e. The van der Waals surface area contributed by atoms with Crippen molar-refractivity contribution < 1.29 is 17.9 Å². The number of fused-ring (bicyclic) bond motifs is 1. The van der Waals surface area contributed by atoms with Crippen LogP contribution in [0.2, 0.25) is 0 Å². The Balaban J connectivity index is 1.74. The van der Waals surface area contributed by atoms with E-state index >= 15 is 0 Å². The number of pyridine rings is 1. The number of ether oxygens (including phenoxy) is 1. The number of amides is 1. The van der Waals surface area contributed by atoms with Gasteiger partial charge in [0.05, 0.1) is 11.9 Å². The lowest BCUT2D eigenvalue weighted by Crippen LogP contribution is -2.49. The Morgan fingerprint density at radius 1 is 1.29 bits per heavy atom. The molecule has 0 saturated carbocycles. The van der Waals surface area contributed by atoms with Crippen LogP contribution in [0.15, 0.2) is 77.6 Å². The summed E-state index contributed by atoms with van der Waals surface area (Å²) in [6.45, 7) is 1.52. The summed E-state index contributed by atoms with van der Waals surface area (Å²) in [6.07, 6.45) is 7.26. The number of H-pyrrole nitrogens is 1. The Hall–Kier alpha value is -2.91. The summed E-state index contributed by atoms with van der Waals surface area (Å²) in [6, 6.07) is 12.4. The Morgan fingerprint density at radius 3 is 2.81 bits per heavy atom. The monoisotopic (exact) mass is 501 g/mol. The van der Waals surface area contributed by atoms with Gasteiger partial charge in [-0.05, 0) is 29.1 Å². The molecule has 1 aromatic carbocycles. The van der Waals surface area contributed by atoms with Crippen molar-refractivity contribution in [2.75, 3.05) is 4.31 Å². The molecule has 2 heterocycles. The number of benzene rings is 1. The zero-order valence-corrected chi connectivity index (χ0v) is 19.1. The topological polar surface area (TPSA) is 92.4 Å². The highest BCUT2D eigenvalue weighted by Crippen LogP contribution is 2.37. The zero-order valence-electron chi connectivity index (χ0n) is 16.7. The quantitative estimate of drug-likeness (QED) is 0.528. The van der Waals surface area contributed by atoms with E-state index in [1.807, 2.05) is 18.2 Å². The van der Waals surface area contributed by atoms with Gasteiger partial charge in [-0.15, -0.1) is 0 Å². The molecule has 0 aliphatic heterocycles. The highest BCUT2D eigenvalue weighted by atomic mass is 79.9. The molecular formula is C22H20BrN3O4S.